The first-order chi connectivity index (χ1) is 9.22. The molecule has 2 saturated carbocycles. The van der Waals surface area contributed by atoms with Crippen molar-refractivity contribution in [1.82, 2.24) is 0 Å². The summed E-state index contributed by atoms with van der Waals surface area (Å²) in [5.74, 6) is 3.03. The van der Waals surface area contributed by atoms with Crippen LogP contribution in [-0.2, 0) is 6.42 Å². The van der Waals surface area contributed by atoms with Crippen LogP contribution in [0.4, 0.5) is 0 Å². The Morgan fingerprint density at radius 1 is 1.21 bits per heavy atom. The minimum absolute atomic E-state index is 0.406. The van der Waals surface area contributed by atoms with Crippen molar-refractivity contribution in [3.63, 3.8) is 0 Å². The van der Waals surface area contributed by atoms with Crippen LogP contribution in [0, 0.1) is 24.7 Å². The Morgan fingerprint density at radius 3 is 2.74 bits per heavy atom. The summed E-state index contributed by atoms with van der Waals surface area (Å²) in [7, 11) is 0. The summed E-state index contributed by atoms with van der Waals surface area (Å²) >= 11 is 0. The van der Waals surface area contributed by atoms with Gasteiger partial charge in [-0.2, -0.15) is 0 Å². The van der Waals surface area contributed by atoms with Gasteiger partial charge in [-0.05, 0) is 74.3 Å². The fourth-order valence-electron chi connectivity index (χ4n) is 4.40. The highest BCUT2D eigenvalue weighted by atomic mass is 14.6. The molecule has 4 unspecified atom stereocenters. The summed E-state index contributed by atoms with van der Waals surface area (Å²) in [5, 5.41) is 0. The van der Waals surface area contributed by atoms with Crippen LogP contribution in [0.25, 0.3) is 0 Å². The van der Waals surface area contributed by atoms with Crippen molar-refractivity contribution in [1.29, 1.82) is 0 Å². The van der Waals surface area contributed by atoms with Crippen LogP contribution in [0.1, 0.15) is 49.7 Å². The predicted molar refractivity (Wildman–Crippen MR) is 81.0 cm³/mol. The fourth-order valence-corrected chi connectivity index (χ4v) is 4.40. The van der Waals surface area contributed by atoms with E-state index in [0.717, 1.165) is 30.6 Å². The Balaban J connectivity index is 1.47. The minimum atomic E-state index is 0.406. The van der Waals surface area contributed by atoms with Gasteiger partial charge in [0.25, 0.3) is 0 Å². The number of fused-ring (bicyclic) bond motifs is 2. The topological polar surface area (TPSA) is 26.0 Å². The van der Waals surface area contributed by atoms with E-state index in [4.69, 9.17) is 5.73 Å². The van der Waals surface area contributed by atoms with Crippen molar-refractivity contribution in [2.75, 3.05) is 0 Å². The average Bonchev–Trinajstić information content (AvgIpc) is 3.00. The molecule has 104 valence electrons. The van der Waals surface area contributed by atoms with Crippen LogP contribution >= 0.6 is 0 Å². The Hall–Kier alpha value is -0.820. The first kappa shape index (κ1) is 13.2. The first-order valence-electron chi connectivity index (χ1n) is 8.02. The maximum absolute atomic E-state index is 6.38. The van der Waals surface area contributed by atoms with E-state index in [9.17, 15) is 0 Å². The molecule has 2 fully saturated rings. The maximum Gasteiger partial charge on any atom is 0.00447 e. The first-order valence-corrected chi connectivity index (χ1v) is 8.02. The normalized spacial score (nSPS) is 30.7. The fraction of sp³-hybridized carbons (Fsp3) is 0.667. The minimum Gasteiger partial charge on any atom is -0.328 e. The van der Waals surface area contributed by atoms with Crippen molar-refractivity contribution in [3.05, 3.63) is 35.4 Å². The molecule has 3 rings (SSSR count). The number of hydrogen-bond donors (Lipinski definition) is 1. The van der Waals surface area contributed by atoms with E-state index >= 15 is 0 Å². The van der Waals surface area contributed by atoms with E-state index in [0.29, 0.717) is 6.04 Å². The molecule has 2 N–H and O–H groups in total. The summed E-state index contributed by atoms with van der Waals surface area (Å²) in [5.41, 5.74) is 9.27. The Bertz CT molecular complexity index is 425. The van der Waals surface area contributed by atoms with Crippen LogP contribution < -0.4 is 5.73 Å². The smallest absolute Gasteiger partial charge is 0.00447 e. The standard InChI is InChI=1S/C18H27N/c1-13-4-2-3-5-15(13)8-9-18(19)12-17-11-14-6-7-16(17)10-14/h2-5,14,16-18H,6-12,19H2,1H3. The van der Waals surface area contributed by atoms with Crippen molar-refractivity contribution in [2.45, 2.75) is 57.9 Å². The van der Waals surface area contributed by atoms with Gasteiger partial charge < -0.3 is 5.73 Å². The third kappa shape index (κ3) is 3.02. The Kier molecular flexibility index (Phi) is 3.93. The lowest BCUT2D eigenvalue weighted by atomic mass is 9.83. The number of rotatable bonds is 5. The van der Waals surface area contributed by atoms with E-state index in [1.165, 1.54) is 43.2 Å². The molecule has 4 atom stereocenters. The molecule has 2 aliphatic rings. The molecule has 19 heavy (non-hydrogen) atoms. The summed E-state index contributed by atoms with van der Waals surface area (Å²) < 4.78 is 0. The van der Waals surface area contributed by atoms with Gasteiger partial charge in [0.1, 0.15) is 0 Å². The van der Waals surface area contributed by atoms with Crippen LogP contribution in [0.2, 0.25) is 0 Å². The molecule has 1 nitrogen and oxygen atoms in total. The zero-order valence-corrected chi connectivity index (χ0v) is 12.1. The monoisotopic (exact) mass is 257 g/mol. The molecule has 0 spiro atoms. The summed E-state index contributed by atoms with van der Waals surface area (Å²) in [4.78, 5) is 0. The summed E-state index contributed by atoms with van der Waals surface area (Å²) in [6, 6.07) is 9.12. The summed E-state index contributed by atoms with van der Waals surface area (Å²) in [6.07, 6.45) is 9.54. The van der Waals surface area contributed by atoms with E-state index in [1.54, 1.807) is 0 Å². The quantitative estimate of drug-likeness (QED) is 0.845. The highest BCUT2D eigenvalue weighted by Crippen LogP contribution is 2.49. The van der Waals surface area contributed by atoms with Crippen LogP contribution in [-0.4, -0.2) is 6.04 Å². The number of hydrogen-bond acceptors (Lipinski definition) is 1. The van der Waals surface area contributed by atoms with Gasteiger partial charge in [0, 0.05) is 6.04 Å². The zero-order chi connectivity index (χ0) is 13.2. The highest BCUT2D eigenvalue weighted by molar-refractivity contribution is 5.25. The number of nitrogens with two attached hydrogens (primary N) is 1. The van der Waals surface area contributed by atoms with Gasteiger partial charge in [0.15, 0.2) is 0 Å². The highest BCUT2D eigenvalue weighted by Gasteiger charge is 2.39. The van der Waals surface area contributed by atoms with Crippen molar-refractivity contribution >= 4 is 0 Å². The molecule has 0 saturated heterocycles. The molecule has 0 amide bonds. The molecular weight excluding hydrogens is 230 g/mol. The average molecular weight is 257 g/mol. The molecule has 0 aromatic heterocycles. The van der Waals surface area contributed by atoms with Gasteiger partial charge in [-0.3, -0.25) is 0 Å². The van der Waals surface area contributed by atoms with Gasteiger partial charge in [0.05, 0.1) is 0 Å². The molecule has 1 heteroatoms. The van der Waals surface area contributed by atoms with E-state index in [-0.39, 0.29) is 0 Å². The van der Waals surface area contributed by atoms with Crippen LogP contribution in [0.5, 0.6) is 0 Å². The van der Waals surface area contributed by atoms with Crippen LogP contribution in [0.3, 0.4) is 0 Å². The second kappa shape index (κ2) is 5.66. The molecular formula is C18H27N. The Labute approximate surface area is 117 Å². The summed E-state index contributed by atoms with van der Waals surface area (Å²) in [6.45, 7) is 2.21. The van der Waals surface area contributed by atoms with E-state index in [1.807, 2.05) is 0 Å². The third-order valence-corrected chi connectivity index (χ3v) is 5.54. The maximum atomic E-state index is 6.38. The Morgan fingerprint density at radius 2 is 2.05 bits per heavy atom. The van der Waals surface area contributed by atoms with Gasteiger partial charge in [0.2, 0.25) is 0 Å². The van der Waals surface area contributed by atoms with Crippen LogP contribution in [0.15, 0.2) is 24.3 Å². The zero-order valence-electron chi connectivity index (χ0n) is 12.1. The van der Waals surface area contributed by atoms with Gasteiger partial charge in [-0.15, -0.1) is 0 Å². The molecule has 2 bridgehead atoms. The molecule has 0 radical (unpaired) electrons. The number of benzene rings is 1. The lowest BCUT2D eigenvalue weighted by Crippen LogP contribution is -2.26. The van der Waals surface area contributed by atoms with Crippen molar-refractivity contribution < 1.29 is 0 Å². The lowest BCUT2D eigenvalue weighted by Gasteiger charge is -2.24. The lowest BCUT2D eigenvalue weighted by molar-refractivity contribution is 0.290. The second-order valence-electron chi connectivity index (χ2n) is 6.90. The number of aryl methyl sites for hydroxylation is 2. The predicted octanol–water partition coefficient (Wildman–Crippen LogP) is 4.08. The van der Waals surface area contributed by atoms with E-state index in [2.05, 4.69) is 31.2 Å². The largest absolute Gasteiger partial charge is 0.328 e. The van der Waals surface area contributed by atoms with Crippen molar-refractivity contribution in [3.8, 4) is 0 Å². The SMILES string of the molecule is Cc1ccccc1CCC(N)CC1CC2CCC1C2. The second-order valence-corrected chi connectivity index (χ2v) is 6.90. The molecule has 0 heterocycles. The molecule has 1 aromatic carbocycles. The molecule has 0 aliphatic heterocycles. The van der Waals surface area contributed by atoms with Gasteiger partial charge >= 0.3 is 0 Å². The van der Waals surface area contributed by atoms with Gasteiger partial charge in [-0.25, -0.2) is 0 Å². The van der Waals surface area contributed by atoms with Crippen molar-refractivity contribution in [2.24, 2.45) is 23.5 Å². The molecule has 1 aromatic rings. The van der Waals surface area contributed by atoms with E-state index < -0.39 is 0 Å². The molecule has 2 aliphatic carbocycles. The van der Waals surface area contributed by atoms with Gasteiger partial charge in [-0.1, -0.05) is 30.7 Å². The third-order valence-electron chi connectivity index (χ3n) is 5.54.